The molecule has 0 spiro atoms. The van der Waals surface area contributed by atoms with Crippen molar-refractivity contribution in [1.29, 1.82) is 0 Å². The molecule has 6 nitrogen and oxygen atoms in total. The summed E-state index contributed by atoms with van der Waals surface area (Å²) >= 11 is 0. The molecule has 1 aromatic heterocycles. The number of hydrogen-bond acceptors (Lipinski definition) is 5. The van der Waals surface area contributed by atoms with Crippen molar-refractivity contribution in [2.75, 3.05) is 7.11 Å². The van der Waals surface area contributed by atoms with Gasteiger partial charge in [0.1, 0.15) is 0 Å². The maximum absolute atomic E-state index is 11.7. The van der Waals surface area contributed by atoms with Crippen molar-refractivity contribution in [3.05, 3.63) is 54.4 Å². The van der Waals surface area contributed by atoms with Gasteiger partial charge in [-0.15, -0.1) is 0 Å². The second-order valence-electron chi connectivity index (χ2n) is 4.72. The van der Waals surface area contributed by atoms with E-state index in [-0.39, 0.29) is 0 Å². The third kappa shape index (κ3) is 4.13. The van der Waals surface area contributed by atoms with E-state index in [0.29, 0.717) is 6.42 Å². The number of methoxy groups -OCH3 is 1. The highest BCUT2D eigenvalue weighted by atomic mass is 16.5. The van der Waals surface area contributed by atoms with Crippen LogP contribution in [0.2, 0.25) is 0 Å². The Morgan fingerprint density at radius 1 is 1.14 bits per heavy atom. The number of hydrogen-bond donors (Lipinski definition) is 2. The van der Waals surface area contributed by atoms with Crippen LogP contribution in [0.4, 0.5) is 4.79 Å². The van der Waals surface area contributed by atoms with Crippen molar-refractivity contribution in [3.63, 3.8) is 0 Å². The molecule has 3 N–H and O–H groups in total. The minimum Gasteiger partial charge on any atom is -0.453 e. The van der Waals surface area contributed by atoms with Crippen LogP contribution in [0.3, 0.4) is 0 Å². The van der Waals surface area contributed by atoms with E-state index in [4.69, 9.17) is 5.73 Å². The van der Waals surface area contributed by atoms with Crippen LogP contribution < -0.4 is 11.1 Å². The topological polar surface area (TPSA) is 94.3 Å². The van der Waals surface area contributed by atoms with Crippen molar-refractivity contribution >= 4 is 12.0 Å². The van der Waals surface area contributed by atoms with Gasteiger partial charge in [0.05, 0.1) is 13.2 Å². The number of nitrogens with one attached hydrogen (secondary N) is 1. The van der Waals surface area contributed by atoms with Crippen LogP contribution in [0.5, 0.6) is 0 Å². The van der Waals surface area contributed by atoms with E-state index in [1.54, 1.807) is 12.4 Å². The van der Waals surface area contributed by atoms with Gasteiger partial charge in [-0.2, -0.15) is 0 Å². The highest BCUT2D eigenvalue weighted by Crippen LogP contribution is 2.19. The Morgan fingerprint density at radius 2 is 1.73 bits per heavy atom. The van der Waals surface area contributed by atoms with Crippen LogP contribution in [-0.4, -0.2) is 30.1 Å². The van der Waals surface area contributed by atoms with Crippen molar-refractivity contribution in [1.82, 2.24) is 10.3 Å². The van der Waals surface area contributed by atoms with Gasteiger partial charge in [-0.3, -0.25) is 15.1 Å². The molecule has 0 saturated carbocycles. The summed E-state index contributed by atoms with van der Waals surface area (Å²) in [5.41, 5.74) is 8.80. The summed E-state index contributed by atoms with van der Waals surface area (Å²) in [5.74, 6) is -0.565. The summed E-state index contributed by atoms with van der Waals surface area (Å²) in [5, 5.41) is 2.05. The molecular weight excluding hydrogens is 282 g/mol. The molecule has 0 bridgehead atoms. The number of aromatic nitrogens is 1. The van der Waals surface area contributed by atoms with Gasteiger partial charge in [-0.1, -0.05) is 24.3 Å². The molecule has 0 fully saturated rings. The van der Waals surface area contributed by atoms with E-state index in [9.17, 15) is 9.59 Å². The van der Waals surface area contributed by atoms with Gasteiger partial charge in [0.2, 0.25) is 5.91 Å². The molecule has 22 heavy (non-hydrogen) atoms. The van der Waals surface area contributed by atoms with Crippen molar-refractivity contribution in [3.8, 4) is 11.1 Å². The Kier molecular flexibility index (Phi) is 5.21. The Bertz CT molecular complexity index is 641. The molecule has 0 aliphatic heterocycles. The van der Waals surface area contributed by atoms with Crippen LogP contribution in [-0.2, 0) is 16.0 Å². The summed E-state index contributed by atoms with van der Waals surface area (Å²) in [7, 11) is 1.19. The fraction of sp³-hybridized carbons (Fsp3) is 0.188. The average Bonchev–Trinajstić information content (AvgIpc) is 2.56. The van der Waals surface area contributed by atoms with Gasteiger partial charge in [0.25, 0.3) is 0 Å². The predicted octanol–water partition coefficient (Wildman–Crippen LogP) is 1.50. The number of carbonyl (C=O) groups is 2. The fourth-order valence-corrected chi connectivity index (χ4v) is 1.97. The average molecular weight is 299 g/mol. The fourth-order valence-electron chi connectivity index (χ4n) is 1.97. The SMILES string of the molecule is COC(=O)NC(=O)[C@@H](N)Cc1ccc(-c2ccncc2)cc1. The Hall–Kier alpha value is -2.73. The van der Waals surface area contributed by atoms with Crippen LogP contribution in [0.1, 0.15) is 5.56 Å². The van der Waals surface area contributed by atoms with Gasteiger partial charge < -0.3 is 10.5 Å². The quantitative estimate of drug-likeness (QED) is 0.892. The lowest BCUT2D eigenvalue weighted by molar-refractivity contribution is -0.121. The lowest BCUT2D eigenvalue weighted by Crippen LogP contribution is -2.44. The molecule has 0 unspecified atom stereocenters. The second kappa shape index (κ2) is 7.33. The van der Waals surface area contributed by atoms with E-state index in [0.717, 1.165) is 16.7 Å². The Labute approximate surface area is 128 Å². The Morgan fingerprint density at radius 3 is 2.32 bits per heavy atom. The lowest BCUT2D eigenvalue weighted by Gasteiger charge is -2.11. The first kappa shape index (κ1) is 15.7. The van der Waals surface area contributed by atoms with Crippen LogP contribution in [0.25, 0.3) is 11.1 Å². The largest absolute Gasteiger partial charge is 0.453 e. The van der Waals surface area contributed by atoms with Gasteiger partial charge in [0.15, 0.2) is 0 Å². The first-order chi connectivity index (χ1) is 10.6. The number of rotatable bonds is 4. The summed E-state index contributed by atoms with van der Waals surface area (Å²) < 4.78 is 4.35. The third-order valence-corrected chi connectivity index (χ3v) is 3.17. The molecular formula is C16H17N3O3. The zero-order valence-electron chi connectivity index (χ0n) is 12.2. The molecule has 6 heteroatoms. The summed E-state index contributed by atoms with van der Waals surface area (Å²) in [6.07, 6.45) is 2.99. The predicted molar refractivity (Wildman–Crippen MR) is 81.9 cm³/mol. The molecule has 0 aliphatic rings. The second-order valence-corrected chi connectivity index (χ2v) is 4.72. The molecule has 1 aromatic carbocycles. The number of nitrogens with zero attached hydrogens (tertiary/aromatic N) is 1. The molecule has 2 aromatic rings. The van der Waals surface area contributed by atoms with E-state index in [1.165, 1.54) is 7.11 Å². The normalized spacial score (nSPS) is 11.5. The van der Waals surface area contributed by atoms with Gasteiger partial charge >= 0.3 is 6.09 Å². The molecule has 1 heterocycles. The lowest BCUT2D eigenvalue weighted by atomic mass is 10.0. The highest BCUT2D eigenvalue weighted by molar-refractivity contribution is 5.94. The number of carbonyl (C=O) groups excluding carboxylic acids is 2. The van der Waals surface area contributed by atoms with E-state index < -0.39 is 18.0 Å². The van der Waals surface area contributed by atoms with Crippen LogP contribution >= 0.6 is 0 Å². The first-order valence-electron chi connectivity index (χ1n) is 6.74. The molecule has 0 aliphatic carbocycles. The van der Waals surface area contributed by atoms with Crippen LogP contribution in [0, 0.1) is 0 Å². The molecule has 2 rings (SSSR count). The summed E-state index contributed by atoms with van der Waals surface area (Å²) in [6, 6.07) is 10.7. The standard InChI is InChI=1S/C16H17N3O3/c1-22-16(21)19-15(20)14(17)10-11-2-4-12(5-3-11)13-6-8-18-9-7-13/h2-9,14H,10,17H2,1H3,(H,19,20,21)/t14-/m0/s1. The Balaban J connectivity index is 1.99. The number of ether oxygens (including phenoxy) is 1. The van der Waals surface area contributed by atoms with Crippen LogP contribution in [0.15, 0.2) is 48.8 Å². The zero-order valence-corrected chi connectivity index (χ0v) is 12.2. The number of pyridine rings is 1. The molecule has 2 amide bonds. The van der Waals surface area contributed by atoms with Crippen molar-refractivity contribution in [2.24, 2.45) is 5.73 Å². The third-order valence-electron chi connectivity index (χ3n) is 3.17. The van der Waals surface area contributed by atoms with Crippen molar-refractivity contribution < 1.29 is 14.3 Å². The summed E-state index contributed by atoms with van der Waals surface area (Å²) in [4.78, 5) is 26.6. The van der Waals surface area contributed by atoms with E-state index in [1.807, 2.05) is 36.4 Å². The molecule has 114 valence electrons. The van der Waals surface area contributed by atoms with E-state index in [2.05, 4.69) is 15.0 Å². The zero-order chi connectivity index (χ0) is 15.9. The number of nitrogens with two attached hydrogens (primary N) is 1. The number of imide groups is 1. The number of alkyl carbamates (subject to hydrolysis) is 1. The maximum atomic E-state index is 11.7. The first-order valence-corrected chi connectivity index (χ1v) is 6.74. The smallest absolute Gasteiger partial charge is 0.413 e. The van der Waals surface area contributed by atoms with Crippen molar-refractivity contribution in [2.45, 2.75) is 12.5 Å². The van der Waals surface area contributed by atoms with Gasteiger partial charge in [-0.05, 0) is 35.2 Å². The molecule has 1 atom stereocenters. The number of benzene rings is 1. The monoisotopic (exact) mass is 299 g/mol. The van der Waals surface area contributed by atoms with Gasteiger partial charge in [0, 0.05) is 12.4 Å². The van der Waals surface area contributed by atoms with Gasteiger partial charge in [-0.25, -0.2) is 4.79 Å². The maximum Gasteiger partial charge on any atom is 0.413 e. The molecule has 0 saturated heterocycles. The minimum atomic E-state index is -0.814. The highest BCUT2D eigenvalue weighted by Gasteiger charge is 2.16. The summed E-state index contributed by atoms with van der Waals surface area (Å²) in [6.45, 7) is 0. The van der Waals surface area contributed by atoms with E-state index >= 15 is 0 Å². The number of amides is 2. The minimum absolute atomic E-state index is 0.333. The molecule has 0 radical (unpaired) electrons.